The molecule has 0 nitrogen and oxygen atoms in total. The van der Waals surface area contributed by atoms with E-state index in [9.17, 15) is 0 Å². The maximum atomic E-state index is 2.18. The second kappa shape index (κ2) is 4.00. The van der Waals surface area contributed by atoms with Crippen LogP contribution in [-0.2, 0) is 0 Å². The van der Waals surface area contributed by atoms with E-state index in [1.54, 1.807) is 0 Å². The molecule has 13 heavy (non-hydrogen) atoms. The van der Waals surface area contributed by atoms with Crippen LogP contribution in [0, 0.1) is 13.8 Å². The topological polar surface area (TPSA) is 0 Å². The first-order valence-electron chi connectivity index (χ1n) is 4.24. The molecule has 0 heterocycles. The van der Waals surface area contributed by atoms with Crippen molar-refractivity contribution in [1.29, 1.82) is 0 Å². The minimum absolute atomic E-state index is 0. The normalized spacial score (nSPS) is 9.69. The molecule has 0 saturated carbocycles. The molecule has 0 amide bonds. The number of rotatable bonds is 0. The molecule has 0 fully saturated rings. The van der Waals surface area contributed by atoms with E-state index in [4.69, 9.17) is 0 Å². The van der Waals surface area contributed by atoms with Crippen molar-refractivity contribution in [2.24, 2.45) is 0 Å². The van der Waals surface area contributed by atoms with Crippen molar-refractivity contribution in [1.82, 2.24) is 0 Å². The SMILES string of the molecule is Cc1ccc2ccccc2c1C.[LiH]. The Morgan fingerprint density at radius 1 is 0.846 bits per heavy atom. The van der Waals surface area contributed by atoms with Crippen LogP contribution in [0.1, 0.15) is 11.1 Å². The second-order valence-electron chi connectivity index (χ2n) is 3.23. The summed E-state index contributed by atoms with van der Waals surface area (Å²) in [6.45, 7) is 4.33. The number of aryl methyl sites for hydroxylation is 2. The number of fused-ring (bicyclic) bond motifs is 1. The zero-order valence-corrected chi connectivity index (χ0v) is 7.46. The summed E-state index contributed by atoms with van der Waals surface area (Å²) in [6.07, 6.45) is 0. The van der Waals surface area contributed by atoms with Gasteiger partial charge in [-0.25, -0.2) is 0 Å². The Bertz CT molecular complexity index is 418. The summed E-state index contributed by atoms with van der Waals surface area (Å²) in [4.78, 5) is 0. The van der Waals surface area contributed by atoms with Crippen LogP contribution in [0.3, 0.4) is 0 Å². The number of hydrogen-bond acceptors (Lipinski definition) is 0. The van der Waals surface area contributed by atoms with Gasteiger partial charge in [0.05, 0.1) is 0 Å². The van der Waals surface area contributed by atoms with E-state index < -0.39 is 0 Å². The second-order valence-corrected chi connectivity index (χ2v) is 3.23. The number of hydrogen-bond donors (Lipinski definition) is 0. The first kappa shape index (κ1) is 10.4. The first-order valence-corrected chi connectivity index (χ1v) is 4.24. The molecule has 62 valence electrons. The van der Waals surface area contributed by atoms with Gasteiger partial charge in [0.1, 0.15) is 0 Å². The molecule has 0 aromatic heterocycles. The Hall–Kier alpha value is -0.703. The quantitative estimate of drug-likeness (QED) is 0.525. The third-order valence-electron chi connectivity index (χ3n) is 2.47. The molecule has 0 aliphatic rings. The van der Waals surface area contributed by atoms with E-state index >= 15 is 0 Å². The fraction of sp³-hybridized carbons (Fsp3) is 0.167. The molecule has 0 N–H and O–H groups in total. The van der Waals surface area contributed by atoms with Crippen LogP contribution in [0.4, 0.5) is 0 Å². The van der Waals surface area contributed by atoms with Crippen LogP contribution in [-0.4, -0.2) is 18.9 Å². The predicted octanol–water partition coefficient (Wildman–Crippen LogP) is 2.81. The van der Waals surface area contributed by atoms with Crippen molar-refractivity contribution in [3.63, 3.8) is 0 Å². The molecule has 0 radical (unpaired) electrons. The monoisotopic (exact) mass is 164 g/mol. The van der Waals surface area contributed by atoms with Crippen molar-refractivity contribution in [3.8, 4) is 0 Å². The Labute approximate surface area is 91.1 Å². The van der Waals surface area contributed by atoms with E-state index in [1.165, 1.54) is 21.9 Å². The van der Waals surface area contributed by atoms with Gasteiger partial charge in [0.2, 0.25) is 0 Å². The van der Waals surface area contributed by atoms with Gasteiger partial charge in [-0.15, -0.1) is 0 Å². The van der Waals surface area contributed by atoms with Crippen LogP contribution < -0.4 is 0 Å². The van der Waals surface area contributed by atoms with Gasteiger partial charge in [-0.3, -0.25) is 0 Å². The summed E-state index contributed by atoms with van der Waals surface area (Å²) in [6, 6.07) is 12.9. The molecular formula is C12H13Li. The summed E-state index contributed by atoms with van der Waals surface area (Å²) in [5, 5.41) is 2.71. The molecule has 0 bridgehead atoms. The number of benzene rings is 2. The molecule has 2 aromatic carbocycles. The van der Waals surface area contributed by atoms with Crippen molar-refractivity contribution in [2.75, 3.05) is 0 Å². The van der Waals surface area contributed by atoms with Crippen LogP contribution in [0.2, 0.25) is 0 Å². The summed E-state index contributed by atoms with van der Waals surface area (Å²) < 4.78 is 0. The Morgan fingerprint density at radius 3 is 2.31 bits per heavy atom. The van der Waals surface area contributed by atoms with Gasteiger partial charge in [-0.2, -0.15) is 0 Å². The molecule has 2 aromatic rings. The molecule has 0 saturated heterocycles. The van der Waals surface area contributed by atoms with E-state index in [0.29, 0.717) is 0 Å². The van der Waals surface area contributed by atoms with E-state index in [-0.39, 0.29) is 18.9 Å². The van der Waals surface area contributed by atoms with Gasteiger partial charge in [0, 0.05) is 0 Å². The molecule has 0 unspecified atom stereocenters. The van der Waals surface area contributed by atoms with Crippen LogP contribution in [0.15, 0.2) is 36.4 Å². The first-order chi connectivity index (χ1) is 5.79. The predicted molar refractivity (Wildman–Crippen MR) is 60.6 cm³/mol. The average molecular weight is 164 g/mol. The van der Waals surface area contributed by atoms with Crippen molar-refractivity contribution >= 4 is 29.6 Å². The van der Waals surface area contributed by atoms with E-state index in [2.05, 4.69) is 50.2 Å². The Kier molecular flexibility index (Phi) is 3.20. The van der Waals surface area contributed by atoms with Crippen LogP contribution in [0.5, 0.6) is 0 Å². The van der Waals surface area contributed by atoms with Crippen LogP contribution in [0.25, 0.3) is 10.8 Å². The van der Waals surface area contributed by atoms with Gasteiger partial charge in [0.25, 0.3) is 0 Å². The van der Waals surface area contributed by atoms with E-state index in [1.807, 2.05) is 0 Å². The fourth-order valence-corrected chi connectivity index (χ4v) is 1.54. The molecule has 0 aliphatic heterocycles. The van der Waals surface area contributed by atoms with E-state index in [0.717, 1.165) is 0 Å². The van der Waals surface area contributed by atoms with Crippen molar-refractivity contribution in [3.05, 3.63) is 47.5 Å². The third-order valence-corrected chi connectivity index (χ3v) is 2.47. The zero-order valence-electron chi connectivity index (χ0n) is 7.46. The van der Waals surface area contributed by atoms with Gasteiger partial charge < -0.3 is 0 Å². The molecular weight excluding hydrogens is 151 g/mol. The summed E-state index contributed by atoms with van der Waals surface area (Å²) in [5.74, 6) is 0. The standard InChI is InChI=1S/C12H12.Li.H/c1-9-7-8-11-5-3-4-6-12(11)10(9)2;;/h3-8H,1-2H3;;. The molecule has 0 atom stereocenters. The molecule has 1 heteroatoms. The Balaban J connectivity index is 0.000000845. The fourth-order valence-electron chi connectivity index (χ4n) is 1.54. The Morgan fingerprint density at radius 2 is 1.54 bits per heavy atom. The van der Waals surface area contributed by atoms with Crippen LogP contribution >= 0.6 is 0 Å². The summed E-state index contributed by atoms with van der Waals surface area (Å²) >= 11 is 0. The van der Waals surface area contributed by atoms with Crippen molar-refractivity contribution in [2.45, 2.75) is 13.8 Å². The molecule has 2 rings (SSSR count). The molecule has 0 aliphatic carbocycles. The van der Waals surface area contributed by atoms with Gasteiger partial charge in [-0.05, 0) is 35.7 Å². The zero-order chi connectivity index (χ0) is 8.55. The average Bonchev–Trinajstić information content (AvgIpc) is 2.12. The van der Waals surface area contributed by atoms with Gasteiger partial charge in [-0.1, -0.05) is 36.4 Å². The van der Waals surface area contributed by atoms with Crippen molar-refractivity contribution < 1.29 is 0 Å². The molecule has 0 spiro atoms. The van der Waals surface area contributed by atoms with Gasteiger partial charge in [0.15, 0.2) is 0 Å². The minimum atomic E-state index is 0. The maximum absolute atomic E-state index is 2.18. The summed E-state index contributed by atoms with van der Waals surface area (Å²) in [7, 11) is 0. The third kappa shape index (κ3) is 1.80. The van der Waals surface area contributed by atoms with Gasteiger partial charge >= 0.3 is 18.9 Å². The summed E-state index contributed by atoms with van der Waals surface area (Å²) in [5.41, 5.74) is 2.77.